The van der Waals surface area contributed by atoms with Crippen molar-refractivity contribution in [1.82, 2.24) is 9.88 Å². The van der Waals surface area contributed by atoms with E-state index in [9.17, 15) is 0 Å². The molecule has 2 heterocycles. The smallest absolute Gasteiger partial charge is 0.123 e. The summed E-state index contributed by atoms with van der Waals surface area (Å²) in [4.78, 5) is 6.38. The van der Waals surface area contributed by atoms with E-state index < -0.39 is 0 Å². The van der Waals surface area contributed by atoms with Gasteiger partial charge in [0.15, 0.2) is 0 Å². The van der Waals surface area contributed by atoms with Gasteiger partial charge in [-0.2, -0.15) is 0 Å². The lowest BCUT2D eigenvalue weighted by Crippen LogP contribution is -2.42. The van der Waals surface area contributed by atoms with Crippen molar-refractivity contribution in [3.8, 4) is 0 Å². The minimum absolute atomic E-state index is 0.313. The van der Waals surface area contributed by atoms with E-state index in [2.05, 4.69) is 16.5 Å². The molecule has 2 rings (SSSR count). The Hall–Kier alpha value is -1.39. The Balaban J connectivity index is 1.81. The summed E-state index contributed by atoms with van der Waals surface area (Å²) in [5.41, 5.74) is 6.90. The fraction of sp³-hybridized carbons (Fsp3) is 0.500. The SMILES string of the molecule is C=CCN1CCO[C@H](CCc2ccnc(N)c2)C1. The van der Waals surface area contributed by atoms with Gasteiger partial charge in [-0.15, -0.1) is 6.58 Å². The van der Waals surface area contributed by atoms with E-state index in [0.29, 0.717) is 11.9 Å². The molecule has 1 fully saturated rings. The first kappa shape index (κ1) is 13.1. The van der Waals surface area contributed by atoms with Crippen LogP contribution in [0, 0.1) is 0 Å². The summed E-state index contributed by atoms with van der Waals surface area (Å²) in [6, 6.07) is 3.95. The number of pyridine rings is 1. The molecule has 18 heavy (non-hydrogen) atoms. The van der Waals surface area contributed by atoms with Crippen molar-refractivity contribution in [2.24, 2.45) is 0 Å². The second-order valence-corrected chi connectivity index (χ2v) is 4.67. The van der Waals surface area contributed by atoms with Gasteiger partial charge in [0, 0.05) is 25.8 Å². The van der Waals surface area contributed by atoms with Crippen molar-refractivity contribution in [2.75, 3.05) is 32.0 Å². The number of nitrogens with two attached hydrogens (primary N) is 1. The second-order valence-electron chi connectivity index (χ2n) is 4.67. The van der Waals surface area contributed by atoms with Crippen LogP contribution in [0.2, 0.25) is 0 Å². The highest BCUT2D eigenvalue weighted by Crippen LogP contribution is 2.13. The van der Waals surface area contributed by atoms with Crippen LogP contribution < -0.4 is 5.73 Å². The van der Waals surface area contributed by atoms with E-state index in [4.69, 9.17) is 10.5 Å². The summed E-state index contributed by atoms with van der Waals surface area (Å²) in [5.74, 6) is 0.588. The Labute approximate surface area is 108 Å². The maximum Gasteiger partial charge on any atom is 0.123 e. The number of morpholine rings is 1. The van der Waals surface area contributed by atoms with Gasteiger partial charge in [-0.05, 0) is 30.5 Å². The Bertz CT molecular complexity index is 394. The van der Waals surface area contributed by atoms with Gasteiger partial charge < -0.3 is 10.5 Å². The van der Waals surface area contributed by atoms with Gasteiger partial charge in [-0.25, -0.2) is 4.98 Å². The van der Waals surface area contributed by atoms with E-state index in [0.717, 1.165) is 39.1 Å². The van der Waals surface area contributed by atoms with Crippen LogP contribution in [0.5, 0.6) is 0 Å². The molecule has 0 spiro atoms. The lowest BCUT2D eigenvalue weighted by atomic mass is 10.1. The molecule has 1 aromatic rings. The van der Waals surface area contributed by atoms with E-state index >= 15 is 0 Å². The van der Waals surface area contributed by atoms with Crippen LogP contribution in [0.25, 0.3) is 0 Å². The molecule has 0 aliphatic carbocycles. The fourth-order valence-corrected chi connectivity index (χ4v) is 2.28. The fourth-order valence-electron chi connectivity index (χ4n) is 2.28. The number of rotatable bonds is 5. The number of aryl methyl sites for hydroxylation is 1. The van der Waals surface area contributed by atoms with Gasteiger partial charge in [0.1, 0.15) is 5.82 Å². The monoisotopic (exact) mass is 247 g/mol. The van der Waals surface area contributed by atoms with Crippen LogP contribution in [0.4, 0.5) is 5.82 Å². The normalized spacial score (nSPS) is 20.8. The third kappa shape index (κ3) is 3.82. The third-order valence-corrected chi connectivity index (χ3v) is 3.21. The van der Waals surface area contributed by atoms with Crippen LogP contribution in [0.15, 0.2) is 31.0 Å². The van der Waals surface area contributed by atoms with Crippen LogP contribution in [-0.4, -0.2) is 42.2 Å². The van der Waals surface area contributed by atoms with Crippen LogP contribution in [-0.2, 0) is 11.2 Å². The number of hydrogen-bond acceptors (Lipinski definition) is 4. The summed E-state index contributed by atoms with van der Waals surface area (Å²) in [5, 5.41) is 0. The van der Waals surface area contributed by atoms with Gasteiger partial charge in [-0.1, -0.05) is 6.08 Å². The minimum atomic E-state index is 0.313. The minimum Gasteiger partial charge on any atom is -0.384 e. The Morgan fingerprint density at radius 1 is 1.61 bits per heavy atom. The molecule has 0 bridgehead atoms. The van der Waals surface area contributed by atoms with Gasteiger partial charge in [0.2, 0.25) is 0 Å². The number of anilines is 1. The maximum atomic E-state index is 5.78. The van der Waals surface area contributed by atoms with Crippen molar-refractivity contribution in [1.29, 1.82) is 0 Å². The number of nitrogen functional groups attached to an aromatic ring is 1. The molecule has 1 saturated heterocycles. The predicted molar refractivity (Wildman–Crippen MR) is 73.3 cm³/mol. The zero-order valence-corrected chi connectivity index (χ0v) is 10.7. The van der Waals surface area contributed by atoms with Crippen molar-refractivity contribution >= 4 is 5.82 Å². The summed E-state index contributed by atoms with van der Waals surface area (Å²) >= 11 is 0. The molecule has 0 unspecified atom stereocenters. The van der Waals surface area contributed by atoms with E-state index in [1.807, 2.05) is 18.2 Å². The van der Waals surface area contributed by atoms with Crippen molar-refractivity contribution in [2.45, 2.75) is 18.9 Å². The first-order valence-electron chi connectivity index (χ1n) is 6.43. The number of nitrogens with zero attached hydrogens (tertiary/aromatic N) is 2. The van der Waals surface area contributed by atoms with Crippen LogP contribution in [0.1, 0.15) is 12.0 Å². The number of hydrogen-bond donors (Lipinski definition) is 1. The topological polar surface area (TPSA) is 51.4 Å². The molecule has 98 valence electrons. The van der Waals surface area contributed by atoms with E-state index in [-0.39, 0.29) is 0 Å². The molecule has 4 heteroatoms. The quantitative estimate of drug-likeness (QED) is 0.801. The first-order valence-corrected chi connectivity index (χ1v) is 6.43. The van der Waals surface area contributed by atoms with Gasteiger partial charge in [0.25, 0.3) is 0 Å². The Morgan fingerprint density at radius 3 is 3.28 bits per heavy atom. The van der Waals surface area contributed by atoms with E-state index in [1.54, 1.807) is 6.20 Å². The zero-order chi connectivity index (χ0) is 12.8. The highest BCUT2D eigenvalue weighted by atomic mass is 16.5. The lowest BCUT2D eigenvalue weighted by Gasteiger charge is -2.32. The molecule has 0 amide bonds. The van der Waals surface area contributed by atoms with Crippen LogP contribution >= 0.6 is 0 Å². The third-order valence-electron chi connectivity index (χ3n) is 3.21. The maximum absolute atomic E-state index is 5.78. The first-order chi connectivity index (χ1) is 8.78. The molecule has 0 aromatic carbocycles. The van der Waals surface area contributed by atoms with Gasteiger partial charge in [-0.3, -0.25) is 4.90 Å². The summed E-state index contributed by atoms with van der Waals surface area (Å²) in [6.07, 6.45) is 6.03. The van der Waals surface area contributed by atoms with E-state index in [1.165, 1.54) is 5.56 Å². The average Bonchev–Trinajstić information content (AvgIpc) is 2.37. The predicted octanol–water partition coefficient (Wildman–Crippen LogP) is 1.48. The molecule has 4 nitrogen and oxygen atoms in total. The molecule has 1 aliphatic rings. The molecule has 1 aliphatic heterocycles. The highest BCUT2D eigenvalue weighted by molar-refractivity contribution is 5.31. The molecular formula is C14H21N3O. The largest absolute Gasteiger partial charge is 0.384 e. The van der Waals surface area contributed by atoms with Crippen molar-refractivity contribution < 1.29 is 4.74 Å². The average molecular weight is 247 g/mol. The molecule has 2 N–H and O–H groups in total. The Morgan fingerprint density at radius 2 is 2.50 bits per heavy atom. The molecule has 1 aromatic heterocycles. The van der Waals surface area contributed by atoms with Crippen LogP contribution in [0.3, 0.4) is 0 Å². The number of ether oxygens (including phenoxy) is 1. The van der Waals surface area contributed by atoms with Crippen molar-refractivity contribution in [3.63, 3.8) is 0 Å². The van der Waals surface area contributed by atoms with Gasteiger partial charge >= 0.3 is 0 Å². The molecular weight excluding hydrogens is 226 g/mol. The summed E-state index contributed by atoms with van der Waals surface area (Å²) in [7, 11) is 0. The lowest BCUT2D eigenvalue weighted by molar-refractivity contribution is -0.0278. The standard InChI is InChI=1S/C14H21N3O/c1-2-7-17-8-9-18-13(11-17)4-3-12-5-6-16-14(15)10-12/h2,5-6,10,13H,1,3-4,7-9,11H2,(H2,15,16)/t13-/m1/s1. The van der Waals surface area contributed by atoms with Crippen molar-refractivity contribution in [3.05, 3.63) is 36.5 Å². The number of aromatic nitrogens is 1. The molecule has 1 atom stereocenters. The Kier molecular flexibility index (Phi) is 4.73. The molecule has 0 saturated carbocycles. The second kappa shape index (κ2) is 6.52. The summed E-state index contributed by atoms with van der Waals surface area (Å²) in [6.45, 7) is 7.54. The van der Waals surface area contributed by atoms with Gasteiger partial charge in [0.05, 0.1) is 12.7 Å². The highest BCUT2D eigenvalue weighted by Gasteiger charge is 2.19. The zero-order valence-electron chi connectivity index (χ0n) is 10.7. The summed E-state index contributed by atoms with van der Waals surface area (Å²) < 4.78 is 5.78. The molecule has 0 radical (unpaired) electrons.